The molecule has 1 heterocycles. The molecule has 7 heteroatoms. The van der Waals surface area contributed by atoms with E-state index in [4.69, 9.17) is 9.47 Å². The molecule has 0 spiro atoms. The summed E-state index contributed by atoms with van der Waals surface area (Å²) in [4.78, 5) is 11.6. The maximum Gasteiger partial charge on any atom is 0.443 e. The van der Waals surface area contributed by atoms with Crippen LogP contribution >= 0.6 is 0 Å². The molecule has 0 aromatic carbocycles. The second-order valence-electron chi connectivity index (χ2n) is 5.19. The molecule has 0 aromatic rings. The molecule has 3 unspecified atom stereocenters. The molecule has 108 valence electrons. The van der Waals surface area contributed by atoms with Crippen LogP contribution in [0.1, 0.15) is 32.6 Å². The number of alkyl halides is 3. The van der Waals surface area contributed by atoms with Crippen LogP contribution in [0.2, 0.25) is 0 Å². The van der Waals surface area contributed by atoms with Gasteiger partial charge in [-0.25, -0.2) is 4.79 Å². The maximum atomic E-state index is 12.8. The van der Waals surface area contributed by atoms with Gasteiger partial charge in [-0.05, 0) is 26.2 Å². The van der Waals surface area contributed by atoms with Crippen molar-refractivity contribution < 1.29 is 32.5 Å². The normalized spacial score (nSPS) is 38.1. The Balaban J connectivity index is 2.24. The van der Waals surface area contributed by atoms with Crippen molar-refractivity contribution in [2.45, 2.75) is 56.3 Å². The Bertz CT molecular complexity index is 420. The van der Waals surface area contributed by atoms with Gasteiger partial charge in [0.25, 0.3) is 5.79 Å². The summed E-state index contributed by atoms with van der Waals surface area (Å²) in [5.74, 6) is -4.00. The lowest BCUT2D eigenvalue weighted by molar-refractivity contribution is -0.357. The molecule has 1 aliphatic carbocycles. The molecule has 4 nitrogen and oxygen atoms in total. The van der Waals surface area contributed by atoms with Gasteiger partial charge in [-0.3, -0.25) is 0 Å². The van der Waals surface area contributed by atoms with Gasteiger partial charge in [-0.2, -0.15) is 13.2 Å². The standard InChI is InChI=1S/C12H15F3O4/c1-7(2)9(16)19-10-5-3-4-8(10)18-11(17,6-10)12(13,14)15/h8,17H,1,3-6H2,2H3. The zero-order valence-corrected chi connectivity index (χ0v) is 10.4. The third kappa shape index (κ3) is 2.25. The average molecular weight is 280 g/mol. The molecule has 0 aromatic heterocycles. The van der Waals surface area contributed by atoms with Crippen LogP contribution in [-0.2, 0) is 14.3 Å². The Kier molecular flexibility index (Phi) is 3.17. The van der Waals surface area contributed by atoms with Crippen LogP contribution in [0.4, 0.5) is 13.2 Å². The lowest BCUT2D eigenvalue weighted by atomic mass is 9.93. The third-order valence-corrected chi connectivity index (χ3v) is 3.62. The lowest BCUT2D eigenvalue weighted by Crippen LogP contribution is -2.46. The predicted molar refractivity (Wildman–Crippen MR) is 58.0 cm³/mol. The average Bonchev–Trinajstić information content (AvgIpc) is 2.70. The highest BCUT2D eigenvalue weighted by Gasteiger charge is 2.69. The fourth-order valence-electron chi connectivity index (χ4n) is 2.65. The molecule has 0 radical (unpaired) electrons. The van der Waals surface area contributed by atoms with Gasteiger partial charge in [-0.1, -0.05) is 6.58 Å². The molecule has 1 N–H and O–H groups in total. The summed E-state index contributed by atoms with van der Waals surface area (Å²) in [6.45, 7) is 4.80. The number of carbonyl (C=O) groups excluding carboxylic acids is 1. The number of aliphatic hydroxyl groups is 1. The molecule has 0 amide bonds. The van der Waals surface area contributed by atoms with Crippen LogP contribution < -0.4 is 0 Å². The van der Waals surface area contributed by atoms with Gasteiger partial charge in [0.15, 0.2) is 0 Å². The molecule has 0 bridgehead atoms. The fourth-order valence-corrected chi connectivity index (χ4v) is 2.65. The maximum absolute atomic E-state index is 12.8. The molecule has 1 saturated heterocycles. The largest absolute Gasteiger partial charge is 0.453 e. The molecule has 2 fully saturated rings. The van der Waals surface area contributed by atoms with Crippen molar-refractivity contribution in [1.29, 1.82) is 0 Å². The molecule has 3 atom stereocenters. The van der Waals surface area contributed by atoms with E-state index in [0.717, 1.165) is 0 Å². The zero-order valence-electron chi connectivity index (χ0n) is 10.4. The first-order valence-corrected chi connectivity index (χ1v) is 5.95. The van der Waals surface area contributed by atoms with E-state index in [0.29, 0.717) is 12.8 Å². The monoisotopic (exact) mass is 280 g/mol. The molecule has 1 aliphatic heterocycles. The van der Waals surface area contributed by atoms with Gasteiger partial charge < -0.3 is 14.6 Å². The van der Waals surface area contributed by atoms with Gasteiger partial charge in [0.1, 0.15) is 11.7 Å². The molecular weight excluding hydrogens is 265 g/mol. The fraction of sp³-hybridized carbons (Fsp3) is 0.750. The first-order chi connectivity index (χ1) is 8.60. The molecular formula is C12H15F3O4. The van der Waals surface area contributed by atoms with Crippen molar-refractivity contribution in [2.75, 3.05) is 0 Å². The summed E-state index contributed by atoms with van der Waals surface area (Å²) in [6, 6.07) is 0. The minimum Gasteiger partial charge on any atom is -0.453 e. The second kappa shape index (κ2) is 4.21. The van der Waals surface area contributed by atoms with Crippen molar-refractivity contribution >= 4 is 5.97 Å². The number of hydrogen-bond donors (Lipinski definition) is 1. The SMILES string of the molecule is C=C(C)C(=O)OC12CCCC1OC(O)(C(F)(F)F)C2. The van der Waals surface area contributed by atoms with Crippen LogP contribution in [0.15, 0.2) is 12.2 Å². The van der Waals surface area contributed by atoms with E-state index < -0.39 is 36.1 Å². The number of halogens is 3. The first kappa shape index (κ1) is 14.3. The van der Waals surface area contributed by atoms with Crippen LogP contribution in [0, 0.1) is 0 Å². The van der Waals surface area contributed by atoms with Gasteiger partial charge in [0, 0.05) is 5.57 Å². The van der Waals surface area contributed by atoms with Gasteiger partial charge >= 0.3 is 12.1 Å². The van der Waals surface area contributed by atoms with Gasteiger partial charge in [0.2, 0.25) is 0 Å². The highest BCUT2D eigenvalue weighted by molar-refractivity contribution is 5.87. The summed E-state index contributed by atoms with van der Waals surface area (Å²) in [7, 11) is 0. The summed E-state index contributed by atoms with van der Waals surface area (Å²) in [5.41, 5.74) is -1.30. The predicted octanol–water partition coefficient (Wildman–Crippen LogP) is 2.07. The van der Waals surface area contributed by atoms with Crippen molar-refractivity contribution in [2.24, 2.45) is 0 Å². The van der Waals surface area contributed by atoms with Crippen molar-refractivity contribution in [1.82, 2.24) is 0 Å². The van der Waals surface area contributed by atoms with Gasteiger partial charge in [0.05, 0.1) is 6.42 Å². The van der Waals surface area contributed by atoms with Crippen molar-refractivity contribution in [3.8, 4) is 0 Å². The minimum atomic E-state index is -4.92. The highest BCUT2D eigenvalue weighted by atomic mass is 19.4. The highest BCUT2D eigenvalue weighted by Crippen LogP contribution is 2.53. The Morgan fingerprint density at radius 1 is 1.53 bits per heavy atom. The summed E-state index contributed by atoms with van der Waals surface area (Å²) in [6.07, 6.45) is -5.48. The van der Waals surface area contributed by atoms with E-state index >= 15 is 0 Å². The Labute approximate surface area is 108 Å². The van der Waals surface area contributed by atoms with Gasteiger partial charge in [-0.15, -0.1) is 0 Å². The molecule has 2 rings (SSSR count). The Morgan fingerprint density at radius 3 is 2.68 bits per heavy atom. The van der Waals surface area contributed by atoms with E-state index in [1.165, 1.54) is 6.92 Å². The van der Waals surface area contributed by atoms with Crippen LogP contribution in [0.25, 0.3) is 0 Å². The second-order valence-corrected chi connectivity index (χ2v) is 5.19. The van der Waals surface area contributed by atoms with Crippen molar-refractivity contribution in [3.63, 3.8) is 0 Å². The van der Waals surface area contributed by atoms with E-state index in [2.05, 4.69) is 6.58 Å². The number of fused-ring (bicyclic) bond motifs is 1. The van der Waals surface area contributed by atoms with Crippen LogP contribution in [-0.4, -0.2) is 34.7 Å². The minimum absolute atomic E-state index is 0.0995. The summed E-state index contributed by atoms with van der Waals surface area (Å²) in [5, 5.41) is 9.59. The number of ether oxygens (including phenoxy) is 2. The van der Waals surface area contributed by atoms with E-state index in [1.54, 1.807) is 0 Å². The van der Waals surface area contributed by atoms with E-state index in [-0.39, 0.29) is 12.0 Å². The summed E-state index contributed by atoms with van der Waals surface area (Å²) < 4.78 is 48.3. The number of hydrogen-bond acceptors (Lipinski definition) is 4. The quantitative estimate of drug-likeness (QED) is 0.621. The molecule has 2 aliphatic rings. The molecule has 1 saturated carbocycles. The topological polar surface area (TPSA) is 55.8 Å². The lowest BCUT2D eigenvalue weighted by Gasteiger charge is -2.28. The van der Waals surface area contributed by atoms with Crippen molar-refractivity contribution in [3.05, 3.63) is 12.2 Å². The van der Waals surface area contributed by atoms with Crippen LogP contribution in [0.5, 0.6) is 0 Å². The Hall–Kier alpha value is -1.08. The smallest absolute Gasteiger partial charge is 0.443 e. The first-order valence-electron chi connectivity index (χ1n) is 5.95. The summed E-state index contributed by atoms with van der Waals surface area (Å²) >= 11 is 0. The Morgan fingerprint density at radius 2 is 2.16 bits per heavy atom. The third-order valence-electron chi connectivity index (χ3n) is 3.62. The number of rotatable bonds is 2. The molecule has 19 heavy (non-hydrogen) atoms. The van der Waals surface area contributed by atoms with E-state index in [9.17, 15) is 23.1 Å². The number of esters is 1. The zero-order chi connectivity index (χ0) is 14.5. The van der Waals surface area contributed by atoms with E-state index in [1.807, 2.05) is 0 Å². The number of carbonyl (C=O) groups is 1. The van der Waals surface area contributed by atoms with Crippen LogP contribution in [0.3, 0.4) is 0 Å².